The SMILES string of the molecule is C1CN(C2COC2)CCN1.C=C[C@H](C)[C@H](C)CS(N)(=O)=O.C=C[C@H](O)[C@@H]1CC[C@H]1CN1C[C@@]2(CCCc3cc(Cl)ccc32)COc2ccc(C(=O)O)cc21.CCI. The Balaban J connectivity index is 0.000000244. The third-order valence-corrected chi connectivity index (χ3v) is 13.2. The summed E-state index contributed by atoms with van der Waals surface area (Å²) in [5.74, 6) is 0.543. The standard InChI is InChI=1S/C27H30ClNO4.C7H14N2O.C7H15NO2S.C2H5I/c1-2-24(30)21-8-5-19(21)14-29-15-27(11-3-4-17-12-20(28)7-9-22(17)27)16-33-25-10-6-18(26(31)32)13-23(25)29;1-3-9(4-2-8-1)7-5-10-6-7;1-4-6(2)7(3)5-11(8,9)10;1-2-3/h2,6-7,9-10,12-13,19,21,24,30H,1,3-5,8,11,14-16H2,(H,31,32);7-8H,1-6H2;4,6-7H,1,5H2,2-3H3,(H2,8,9,10);2H2,1H3/t19-,21+,24-,27-;;6-,7+;/m0.0./s1. The first-order chi connectivity index (χ1) is 27.1. The summed E-state index contributed by atoms with van der Waals surface area (Å²) in [5, 5.41) is 29.0. The Labute approximate surface area is 359 Å². The summed E-state index contributed by atoms with van der Waals surface area (Å²) in [6.45, 7) is 21.9. The topological polar surface area (TPSA) is 155 Å². The number of piperazine rings is 1. The summed E-state index contributed by atoms with van der Waals surface area (Å²) >= 11 is 8.60. The molecule has 3 fully saturated rings. The van der Waals surface area contributed by atoms with E-state index in [1.807, 2.05) is 19.9 Å². The van der Waals surface area contributed by atoms with Gasteiger partial charge in [0.2, 0.25) is 10.0 Å². The number of nitrogens with two attached hydrogens (primary N) is 1. The highest BCUT2D eigenvalue weighted by Gasteiger charge is 2.44. The molecule has 2 aromatic carbocycles. The first-order valence-corrected chi connectivity index (χ1v) is 23.8. The van der Waals surface area contributed by atoms with E-state index in [0.29, 0.717) is 12.5 Å². The normalized spacial score (nSPS) is 24.5. The molecule has 1 saturated carbocycles. The molecule has 318 valence electrons. The lowest BCUT2D eigenvalue weighted by Crippen LogP contribution is -2.55. The number of halogens is 2. The Bertz CT molecular complexity index is 1740. The molecule has 0 unspecified atom stereocenters. The van der Waals surface area contributed by atoms with Crippen LogP contribution in [0.2, 0.25) is 5.02 Å². The van der Waals surface area contributed by atoms with Crippen molar-refractivity contribution in [3.8, 4) is 5.75 Å². The zero-order valence-electron chi connectivity index (χ0n) is 33.9. The molecule has 2 aromatic rings. The van der Waals surface area contributed by atoms with Crippen LogP contribution in [0.4, 0.5) is 5.69 Å². The van der Waals surface area contributed by atoms with Crippen LogP contribution in [0.1, 0.15) is 67.9 Å². The second-order valence-corrected chi connectivity index (χ2v) is 19.6. The van der Waals surface area contributed by atoms with Crippen LogP contribution in [0.5, 0.6) is 5.75 Å². The summed E-state index contributed by atoms with van der Waals surface area (Å²) in [5.41, 5.74) is 3.44. The molecular formula is C43H64ClIN4O7S. The van der Waals surface area contributed by atoms with E-state index in [9.17, 15) is 23.4 Å². The number of alkyl halides is 1. The Hall–Kier alpha value is -2.24. The number of fused-ring (bicyclic) bond motifs is 3. The number of primary sulfonamides is 1. The van der Waals surface area contributed by atoms with Crippen LogP contribution in [0.25, 0.3) is 0 Å². The van der Waals surface area contributed by atoms with Crippen molar-refractivity contribution >= 4 is 55.9 Å². The number of aryl methyl sites for hydroxylation is 1. The number of allylic oxidation sites excluding steroid dienone is 1. The summed E-state index contributed by atoms with van der Waals surface area (Å²) in [6, 6.07) is 12.0. The van der Waals surface area contributed by atoms with Gasteiger partial charge in [-0.05, 0) is 102 Å². The third-order valence-electron chi connectivity index (χ3n) is 11.9. The predicted molar refractivity (Wildman–Crippen MR) is 240 cm³/mol. The Morgan fingerprint density at radius 2 is 1.84 bits per heavy atom. The number of carbonyl (C=O) groups is 1. The van der Waals surface area contributed by atoms with Crippen molar-refractivity contribution in [3.63, 3.8) is 0 Å². The van der Waals surface area contributed by atoms with Crippen molar-refractivity contribution in [1.29, 1.82) is 0 Å². The average molecular weight is 943 g/mol. The number of carboxylic acids is 1. The van der Waals surface area contributed by atoms with E-state index in [4.69, 9.17) is 26.2 Å². The highest BCUT2D eigenvalue weighted by Crippen LogP contribution is 2.46. The minimum Gasteiger partial charge on any atom is -0.490 e. The van der Waals surface area contributed by atoms with Gasteiger partial charge in [-0.3, -0.25) is 4.90 Å². The molecule has 2 saturated heterocycles. The van der Waals surface area contributed by atoms with Gasteiger partial charge >= 0.3 is 5.97 Å². The van der Waals surface area contributed by atoms with Gasteiger partial charge in [-0.1, -0.05) is 73.2 Å². The number of nitrogens with zero attached hydrogens (tertiary/aromatic N) is 2. The van der Waals surface area contributed by atoms with Gasteiger partial charge in [-0.25, -0.2) is 18.4 Å². The van der Waals surface area contributed by atoms with Crippen LogP contribution in [-0.4, -0.2) is 111 Å². The molecule has 11 nitrogen and oxygen atoms in total. The van der Waals surface area contributed by atoms with Gasteiger partial charge in [0.25, 0.3) is 0 Å². The van der Waals surface area contributed by atoms with Crippen molar-refractivity contribution in [3.05, 3.63) is 83.4 Å². The number of hydrogen-bond acceptors (Lipinski definition) is 9. The lowest BCUT2D eigenvalue weighted by Gasteiger charge is -2.45. The van der Waals surface area contributed by atoms with Gasteiger partial charge < -0.3 is 29.9 Å². The molecule has 3 aliphatic heterocycles. The third kappa shape index (κ3) is 13.4. The van der Waals surface area contributed by atoms with E-state index in [2.05, 4.69) is 69.9 Å². The minimum atomic E-state index is -3.33. The van der Waals surface area contributed by atoms with Gasteiger partial charge in [0.05, 0.1) is 49.0 Å². The number of anilines is 1. The second-order valence-electron chi connectivity index (χ2n) is 16.0. The molecule has 57 heavy (non-hydrogen) atoms. The van der Waals surface area contributed by atoms with Crippen LogP contribution in [0, 0.1) is 23.7 Å². The fraction of sp³-hybridized carbons (Fsp3) is 0.605. The number of aliphatic hydroxyl groups is 1. The summed E-state index contributed by atoms with van der Waals surface area (Å²) < 4.78 is 33.9. The van der Waals surface area contributed by atoms with Gasteiger partial charge in [0, 0.05) is 49.7 Å². The first kappa shape index (κ1) is 47.4. The van der Waals surface area contributed by atoms with E-state index < -0.39 is 22.1 Å². The fourth-order valence-electron chi connectivity index (χ4n) is 8.21. The largest absolute Gasteiger partial charge is 0.490 e. The number of carboxylic acid groups (broad SMARTS) is 1. The number of aromatic carboxylic acids is 1. The van der Waals surface area contributed by atoms with Crippen molar-refractivity contribution in [2.24, 2.45) is 28.8 Å². The molecule has 7 rings (SSSR count). The van der Waals surface area contributed by atoms with E-state index in [0.717, 1.165) is 94.0 Å². The molecule has 14 heteroatoms. The first-order valence-electron chi connectivity index (χ1n) is 20.2. The maximum atomic E-state index is 11.7. The molecule has 5 N–H and O–H groups in total. The van der Waals surface area contributed by atoms with Crippen molar-refractivity contribution in [2.75, 3.05) is 74.2 Å². The number of aliphatic hydroxyl groups excluding tert-OH is 1. The Kier molecular flexibility index (Phi) is 18.6. The molecule has 3 heterocycles. The smallest absolute Gasteiger partial charge is 0.335 e. The summed E-state index contributed by atoms with van der Waals surface area (Å²) in [6.07, 6.45) is 7.94. The summed E-state index contributed by atoms with van der Waals surface area (Å²) in [4.78, 5) is 16.5. The van der Waals surface area contributed by atoms with Crippen molar-refractivity contribution in [1.82, 2.24) is 10.2 Å². The van der Waals surface area contributed by atoms with Crippen LogP contribution >= 0.6 is 34.2 Å². The number of hydrogen-bond donors (Lipinski definition) is 4. The highest BCUT2D eigenvalue weighted by molar-refractivity contribution is 14.1. The lowest BCUT2D eigenvalue weighted by molar-refractivity contribution is -0.0677. The maximum Gasteiger partial charge on any atom is 0.335 e. The fourth-order valence-corrected chi connectivity index (χ4v) is 9.44. The molecular weight excluding hydrogens is 879 g/mol. The van der Waals surface area contributed by atoms with Gasteiger partial charge in [-0.2, -0.15) is 0 Å². The molecule has 5 aliphatic rings. The van der Waals surface area contributed by atoms with E-state index in [1.54, 1.807) is 30.4 Å². The quantitative estimate of drug-likeness (QED) is 0.117. The molecule has 2 aliphatic carbocycles. The van der Waals surface area contributed by atoms with Gasteiger partial charge in [0.15, 0.2) is 0 Å². The molecule has 0 aromatic heterocycles. The van der Waals surface area contributed by atoms with Gasteiger partial charge in [-0.15, -0.1) is 13.2 Å². The monoisotopic (exact) mass is 942 g/mol. The van der Waals surface area contributed by atoms with Crippen LogP contribution < -0.4 is 20.1 Å². The molecule has 1 spiro atoms. The maximum absolute atomic E-state index is 11.7. The minimum absolute atomic E-state index is 0.0280. The lowest BCUT2D eigenvalue weighted by atomic mass is 9.68. The van der Waals surface area contributed by atoms with Crippen LogP contribution in [0.3, 0.4) is 0 Å². The number of ether oxygens (including phenoxy) is 2. The molecule has 0 bridgehead atoms. The summed E-state index contributed by atoms with van der Waals surface area (Å²) in [7, 11) is -3.33. The second kappa shape index (κ2) is 22.4. The predicted octanol–water partition coefficient (Wildman–Crippen LogP) is 6.55. The average Bonchev–Trinajstić information content (AvgIpc) is 3.29. The van der Waals surface area contributed by atoms with E-state index in [1.165, 1.54) is 28.6 Å². The van der Waals surface area contributed by atoms with Crippen LogP contribution in [-0.2, 0) is 26.6 Å². The zero-order chi connectivity index (χ0) is 41.8. The van der Waals surface area contributed by atoms with Gasteiger partial charge in [0.1, 0.15) is 5.75 Å². The number of benzene rings is 2. The van der Waals surface area contributed by atoms with E-state index >= 15 is 0 Å². The van der Waals surface area contributed by atoms with Crippen molar-refractivity contribution < 1.29 is 32.9 Å². The zero-order valence-corrected chi connectivity index (χ0v) is 37.6. The number of nitrogens with one attached hydrogen (secondary N) is 1. The Morgan fingerprint density at radius 3 is 2.40 bits per heavy atom. The van der Waals surface area contributed by atoms with E-state index in [-0.39, 0.29) is 34.5 Å². The number of rotatable bonds is 10. The molecule has 6 atom stereocenters. The number of sulfonamides is 1. The highest BCUT2D eigenvalue weighted by atomic mass is 127. The molecule has 0 amide bonds. The Morgan fingerprint density at radius 1 is 1.14 bits per heavy atom. The van der Waals surface area contributed by atoms with Crippen molar-refractivity contribution in [2.45, 2.75) is 70.4 Å². The van der Waals surface area contributed by atoms with Crippen LogP contribution in [0.15, 0.2) is 61.7 Å². The molecule has 0 radical (unpaired) electrons.